The van der Waals surface area contributed by atoms with Crippen LogP contribution in [0.1, 0.15) is 37.7 Å². The molecule has 106 valence electrons. The quantitative estimate of drug-likeness (QED) is 0.894. The van der Waals surface area contributed by atoms with Gasteiger partial charge in [-0.1, -0.05) is 30.9 Å². The molecule has 0 radical (unpaired) electrons. The van der Waals surface area contributed by atoms with E-state index in [1.807, 2.05) is 0 Å². The van der Waals surface area contributed by atoms with Crippen LogP contribution in [0.4, 0.5) is 0 Å². The van der Waals surface area contributed by atoms with Gasteiger partial charge in [0.15, 0.2) is 0 Å². The lowest BCUT2D eigenvalue weighted by molar-refractivity contribution is -0.0961. The first-order valence-electron chi connectivity index (χ1n) is 6.78. The molecule has 1 aliphatic carbocycles. The van der Waals surface area contributed by atoms with Gasteiger partial charge in [-0.3, -0.25) is 0 Å². The van der Waals surface area contributed by atoms with Crippen LogP contribution in [-0.2, 0) is 6.42 Å². The summed E-state index contributed by atoms with van der Waals surface area (Å²) in [7, 11) is 1.59. The monoisotopic (exact) mass is 284 g/mol. The van der Waals surface area contributed by atoms with E-state index in [1.54, 1.807) is 25.3 Å². The van der Waals surface area contributed by atoms with E-state index in [2.05, 4.69) is 0 Å². The second kappa shape index (κ2) is 6.12. The molecule has 0 saturated heterocycles. The largest absolute Gasteiger partial charge is 0.496 e. The number of rotatable bonds is 4. The minimum atomic E-state index is -0.967. The lowest BCUT2D eigenvalue weighted by Crippen LogP contribution is -2.45. The third-order valence-corrected chi connectivity index (χ3v) is 4.23. The number of aliphatic hydroxyl groups is 2. The fourth-order valence-electron chi connectivity index (χ4n) is 2.80. The van der Waals surface area contributed by atoms with Gasteiger partial charge in [0.2, 0.25) is 0 Å². The molecule has 0 amide bonds. The molecule has 1 aromatic rings. The molecule has 19 heavy (non-hydrogen) atoms. The topological polar surface area (TPSA) is 49.7 Å². The van der Waals surface area contributed by atoms with Crippen LogP contribution < -0.4 is 4.74 Å². The molecule has 4 heteroatoms. The summed E-state index contributed by atoms with van der Waals surface area (Å²) in [5.41, 5.74) is -0.132. The van der Waals surface area contributed by atoms with E-state index in [-0.39, 0.29) is 0 Å². The number of benzene rings is 1. The zero-order chi connectivity index (χ0) is 13.9. The Kier molecular flexibility index (Phi) is 4.71. The molecule has 1 atom stereocenters. The predicted octanol–water partition coefficient (Wildman–Crippen LogP) is 2.95. The van der Waals surface area contributed by atoms with E-state index in [4.69, 9.17) is 16.3 Å². The second-order valence-electron chi connectivity index (χ2n) is 5.34. The Morgan fingerprint density at radius 2 is 2.00 bits per heavy atom. The Morgan fingerprint density at radius 1 is 1.32 bits per heavy atom. The van der Waals surface area contributed by atoms with E-state index < -0.39 is 11.7 Å². The highest BCUT2D eigenvalue weighted by Gasteiger charge is 2.37. The van der Waals surface area contributed by atoms with Gasteiger partial charge in [-0.2, -0.15) is 0 Å². The lowest BCUT2D eigenvalue weighted by Gasteiger charge is -2.36. The van der Waals surface area contributed by atoms with Gasteiger partial charge in [-0.05, 0) is 36.6 Å². The fraction of sp³-hybridized carbons (Fsp3) is 0.600. The fourth-order valence-corrected chi connectivity index (χ4v) is 3.00. The smallest absolute Gasteiger partial charge is 0.122 e. The highest BCUT2D eigenvalue weighted by Crippen LogP contribution is 2.34. The summed E-state index contributed by atoms with van der Waals surface area (Å²) in [5, 5.41) is 21.5. The normalized spacial score (nSPS) is 20.0. The summed E-state index contributed by atoms with van der Waals surface area (Å²) in [6.45, 7) is 0. The van der Waals surface area contributed by atoms with Gasteiger partial charge in [0.1, 0.15) is 5.75 Å². The second-order valence-corrected chi connectivity index (χ2v) is 5.78. The van der Waals surface area contributed by atoms with Crippen molar-refractivity contribution >= 4 is 11.6 Å². The highest BCUT2D eigenvalue weighted by atomic mass is 35.5. The zero-order valence-corrected chi connectivity index (χ0v) is 12.0. The molecule has 1 saturated carbocycles. The number of methoxy groups -OCH3 is 1. The van der Waals surface area contributed by atoms with Gasteiger partial charge in [0.05, 0.1) is 18.8 Å². The van der Waals surface area contributed by atoms with Crippen molar-refractivity contribution in [1.82, 2.24) is 0 Å². The molecule has 2 N–H and O–H groups in total. The van der Waals surface area contributed by atoms with Crippen LogP contribution in [0, 0.1) is 0 Å². The van der Waals surface area contributed by atoms with Crippen LogP contribution >= 0.6 is 11.6 Å². The first-order chi connectivity index (χ1) is 9.05. The summed E-state index contributed by atoms with van der Waals surface area (Å²) >= 11 is 5.98. The first-order valence-corrected chi connectivity index (χ1v) is 7.16. The number of aliphatic hydroxyl groups excluding tert-OH is 1. The van der Waals surface area contributed by atoms with Crippen LogP contribution in [0.3, 0.4) is 0 Å². The van der Waals surface area contributed by atoms with Crippen molar-refractivity contribution in [2.75, 3.05) is 7.11 Å². The van der Waals surface area contributed by atoms with E-state index in [9.17, 15) is 10.2 Å². The third kappa shape index (κ3) is 3.41. The number of hydrogen-bond acceptors (Lipinski definition) is 3. The van der Waals surface area contributed by atoms with Crippen LogP contribution in [0.2, 0.25) is 5.02 Å². The van der Waals surface area contributed by atoms with Crippen molar-refractivity contribution in [3.8, 4) is 5.75 Å². The van der Waals surface area contributed by atoms with Crippen LogP contribution in [0.25, 0.3) is 0 Å². The highest BCUT2D eigenvalue weighted by molar-refractivity contribution is 6.30. The summed E-state index contributed by atoms with van der Waals surface area (Å²) in [6, 6.07) is 5.33. The van der Waals surface area contributed by atoms with Crippen molar-refractivity contribution in [3.63, 3.8) is 0 Å². The number of halogens is 1. The maximum atomic E-state index is 10.5. The molecule has 1 aromatic carbocycles. The Morgan fingerprint density at radius 3 is 2.63 bits per heavy atom. The maximum Gasteiger partial charge on any atom is 0.122 e. The predicted molar refractivity (Wildman–Crippen MR) is 75.7 cm³/mol. The molecule has 3 nitrogen and oxygen atoms in total. The average molecular weight is 285 g/mol. The number of hydrogen-bond donors (Lipinski definition) is 2. The Labute approximate surface area is 119 Å². The molecule has 0 heterocycles. The standard InChI is InChI=1S/C15H21ClO3/c1-19-13-6-5-12(16)9-11(13)10-14(17)15(18)7-3-2-4-8-15/h5-6,9,14,17-18H,2-4,7-8,10H2,1H3. The molecule has 0 aliphatic heterocycles. The molecule has 0 aromatic heterocycles. The molecular weight excluding hydrogens is 264 g/mol. The van der Waals surface area contributed by atoms with Crippen LogP contribution in [0.5, 0.6) is 5.75 Å². The first kappa shape index (κ1) is 14.6. The van der Waals surface area contributed by atoms with Gasteiger partial charge in [-0.15, -0.1) is 0 Å². The van der Waals surface area contributed by atoms with Gasteiger partial charge in [0.25, 0.3) is 0 Å². The molecule has 0 bridgehead atoms. The maximum absolute atomic E-state index is 10.5. The van der Waals surface area contributed by atoms with Crippen molar-refractivity contribution in [2.45, 2.75) is 50.2 Å². The minimum Gasteiger partial charge on any atom is -0.496 e. The van der Waals surface area contributed by atoms with Gasteiger partial charge < -0.3 is 14.9 Å². The molecule has 0 spiro atoms. The zero-order valence-electron chi connectivity index (χ0n) is 11.2. The SMILES string of the molecule is COc1ccc(Cl)cc1CC(O)C1(O)CCCCC1. The third-order valence-electron chi connectivity index (χ3n) is 4.00. The Bertz CT molecular complexity index is 427. The van der Waals surface area contributed by atoms with Gasteiger partial charge in [-0.25, -0.2) is 0 Å². The minimum absolute atomic E-state index is 0.361. The van der Waals surface area contributed by atoms with E-state index >= 15 is 0 Å². The van der Waals surface area contributed by atoms with Crippen LogP contribution in [-0.4, -0.2) is 29.0 Å². The Hall–Kier alpha value is -0.770. The van der Waals surface area contributed by atoms with Crippen molar-refractivity contribution in [3.05, 3.63) is 28.8 Å². The summed E-state index contributed by atoms with van der Waals surface area (Å²) in [6.07, 6.45) is 3.99. The summed E-state index contributed by atoms with van der Waals surface area (Å²) in [5.74, 6) is 0.697. The summed E-state index contributed by atoms with van der Waals surface area (Å²) < 4.78 is 5.27. The van der Waals surface area contributed by atoms with Gasteiger partial charge in [0, 0.05) is 11.4 Å². The molecule has 1 aliphatic rings. The average Bonchev–Trinajstić information content (AvgIpc) is 2.40. The van der Waals surface area contributed by atoms with E-state index in [1.165, 1.54) is 0 Å². The van der Waals surface area contributed by atoms with E-state index in [0.29, 0.717) is 30.0 Å². The van der Waals surface area contributed by atoms with E-state index in [0.717, 1.165) is 24.8 Å². The van der Waals surface area contributed by atoms with Crippen molar-refractivity contribution < 1.29 is 14.9 Å². The molecule has 1 unspecified atom stereocenters. The molecular formula is C15H21ClO3. The lowest BCUT2D eigenvalue weighted by atomic mass is 9.79. The Balaban J connectivity index is 2.13. The molecule has 1 fully saturated rings. The van der Waals surface area contributed by atoms with Crippen LogP contribution in [0.15, 0.2) is 18.2 Å². The van der Waals surface area contributed by atoms with Crippen molar-refractivity contribution in [1.29, 1.82) is 0 Å². The van der Waals surface area contributed by atoms with Crippen molar-refractivity contribution in [2.24, 2.45) is 0 Å². The number of ether oxygens (including phenoxy) is 1. The summed E-state index contributed by atoms with van der Waals surface area (Å²) in [4.78, 5) is 0. The van der Waals surface area contributed by atoms with Gasteiger partial charge >= 0.3 is 0 Å². The molecule has 2 rings (SSSR count).